The molecule has 1 N–H and O–H groups in total. The van der Waals surface area contributed by atoms with Crippen LogP contribution in [0.3, 0.4) is 0 Å². The van der Waals surface area contributed by atoms with Crippen LogP contribution < -0.4 is 5.32 Å². The monoisotopic (exact) mass is 393 g/mol. The summed E-state index contributed by atoms with van der Waals surface area (Å²) in [6, 6.07) is 20.1. The minimum Gasteiger partial charge on any atom is -0.467 e. The molecule has 0 bridgehead atoms. The lowest BCUT2D eigenvalue weighted by molar-refractivity contribution is -0.133. The molecule has 1 aliphatic heterocycles. The van der Waals surface area contributed by atoms with Gasteiger partial charge < -0.3 is 9.73 Å². The molecule has 6 heteroatoms. The van der Waals surface area contributed by atoms with Crippen molar-refractivity contribution in [3.05, 3.63) is 89.3 Å². The zero-order valence-corrected chi connectivity index (χ0v) is 16.1. The van der Waals surface area contributed by atoms with Gasteiger partial charge >= 0.3 is 0 Å². The molecule has 3 aromatic rings. The van der Waals surface area contributed by atoms with Crippen molar-refractivity contribution in [2.45, 2.75) is 25.4 Å². The van der Waals surface area contributed by atoms with Crippen LogP contribution in [-0.2, 0) is 4.79 Å². The fourth-order valence-electron chi connectivity index (χ4n) is 3.28. The van der Waals surface area contributed by atoms with Gasteiger partial charge in [0.1, 0.15) is 17.8 Å². The van der Waals surface area contributed by atoms with E-state index in [0.717, 1.165) is 17.0 Å². The minimum atomic E-state index is -0.437. The lowest BCUT2D eigenvalue weighted by Crippen LogP contribution is -2.38. The first-order chi connectivity index (χ1) is 13.6. The number of anilines is 1. The van der Waals surface area contributed by atoms with Gasteiger partial charge in [-0.3, -0.25) is 4.79 Å². The molecule has 0 radical (unpaired) electrons. The van der Waals surface area contributed by atoms with E-state index in [2.05, 4.69) is 10.4 Å². The number of carbonyl (C=O) groups is 1. The number of para-hydroxylation sites is 1. The first-order valence-corrected chi connectivity index (χ1v) is 9.51. The Kier molecular flexibility index (Phi) is 5.17. The van der Waals surface area contributed by atoms with Gasteiger partial charge in [-0.05, 0) is 48.9 Å². The number of carbonyl (C=O) groups excluding carboxylic acids is 1. The largest absolute Gasteiger partial charge is 0.467 e. The maximum Gasteiger partial charge on any atom is 0.265 e. The van der Waals surface area contributed by atoms with Crippen LogP contribution in [0, 0.1) is 0 Å². The molecule has 1 aliphatic rings. The summed E-state index contributed by atoms with van der Waals surface area (Å²) in [5, 5.41) is 10.1. The van der Waals surface area contributed by atoms with Crippen molar-refractivity contribution in [3.8, 4) is 0 Å². The summed E-state index contributed by atoms with van der Waals surface area (Å²) in [5.41, 5.74) is 2.66. The molecule has 2 aromatic carbocycles. The first kappa shape index (κ1) is 18.3. The Morgan fingerprint density at radius 1 is 1.14 bits per heavy atom. The number of hydrogen-bond donors (Lipinski definition) is 1. The molecule has 0 spiro atoms. The van der Waals surface area contributed by atoms with Crippen LogP contribution in [0.5, 0.6) is 0 Å². The molecule has 28 heavy (non-hydrogen) atoms. The summed E-state index contributed by atoms with van der Waals surface area (Å²) >= 11 is 6.00. The number of furan rings is 1. The van der Waals surface area contributed by atoms with Crippen molar-refractivity contribution >= 4 is 28.9 Å². The molecule has 2 heterocycles. The van der Waals surface area contributed by atoms with Gasteiger partial charge in [0, 0.05) is 17.1 Å². The van der Waals surface area contributed by atoms with Crippen LogP contribution in [0.25, 0.3) is 0 Å². The molecule has 0 aliphatic carbocycles. The second kappa shape index (κ2) is 7.90. The smallest absolute Gasteiger partial charge is 0.265 e. The second-order valence-corrected chi connectivity index (χ2v) is 7.14. The van der Waals surface area contributed by atoms with Crippen molar-refractivity contribution in [3.63, 3.8) is 0 Å². The number of hydrogen-bond acceptors (Lipinski definition) is 4. The van der Waals surface area contributed by atoms with Gasteiger partial charge in [-0.2, -0.15) is 5.10 Å². The van der Waals surface area contributed by atoms with E-state index in [1.54, 1.807) is 6.26 Å². The summed E-state index contributed by atoms with van der Waals surface area (Å²) in [6.07, 6.45) is 2.20. The molecule has 4 rings (SSSR count). The van der Waals surface area contributed by atoms with Crippen molar-refractivity contribution in [2.75, 3.05) is 5.32 Å². The number of rotatable bonds is 5. The highest BCUT2D eigenvalue weighted by Gasteiger charge is 2.36. The van der Waals surface area contributed by atoms with Crippen LogP contribution >= 0.6 is 11.6 Å². The van der Waals surface area contributed by atoms with Gasteiger partial charge in [-0.25, -0.2) is 5.01 Å². The number of amides is 1. The average Bonchev–Trinajstić information content (AvgIpc) is 3.38. The predicted molar refractivity (Wildman–Crippen MR) is 110 cm³/mol. The van der Waals surface area contributed by atoms with E-state index < -0.39 is 6.04 Å². The van der Waals surface area contributed by atoms with E-state index in [0.29, 0.717) is 17.2 Å². The Morgan fingerprint density at radius 3 is 2.57 bits per heavy atom. The Hall–Kier alpha value is -3.05. The lowest BCUT2D eigenvalue weighted by Gasteiger charge is -2.24. The minimum absolute atomic E-state index is 0.116. The Morgan fingerprint density at radius 2 is 1.89 bits per heavy atom. The molecule has 0 saturated carbocycles. The van der Waals surface area contributed by atoms with Crippen molar-refractivity contribution in [1.82, 2.24) is 5.01 Å². The summed E-state index contributed by atoms with van der Waals surface area (Å²) in [4.78, 5) is 13.2. The third-order valence-electron chi connectivity index (χ3n) is 4.71. The highest BCUT2D eigenvalue weighted by atomic mass is 35.5. The molecule has 0 unspecified atom stereocenters. The van der Waals surface area contributed by atoms with Crippen molar-refractivity contribution in [1.29, 1.82) is 0 Å². The van der Waals surface area contributed by atoms with E-state index in [9.17, 15) is 4.79 Å². The Bertz CT molecular complexity index is 969. The van der Waals surface area contributed by atoms with Gasteiger partial charge in [0.2, 0.25) is 0 Å². The summed E-state index contributed by atoms with van der Waals surface area (Å²) in [6.45, 7) is 1.84. The second-order valence-electron chi connectivity index (χ2n) is 6.70. The van der Waals surface area contributed by atoms with E-state index in [1.165, 1.54) is 5.01 Å². The predicted octanol–water partition coefficient (Wildman–Crippen LogP) is 5.11. The van der Waals surface area contributed by atoms with Crippen molar-refractivity contribution < 1.29 is 9.21 Å². The van der Waals surface area contributed by atoms with Gasteiger partial charge in [0.25, 0.3) is 5.91 Å². The van der Waals surface area contributed by atoms with Crippen LogP contribution in [-0.4, -0.2) is 22.7 Å². The molecule has 0 fully saturated rings. The van der Waals surface area contributed by atoms with Crippen LogP contribution in [0.2, 0.25) is 5.02 Å². The van der Waals surface area contributed by atoms with Gasteiger partial charge in [-0.1, -0.05) is 41.9 Å². The summed E-state index contributed by atoms with van der Waals surface area (Å²) in [5.74, 6) is 0.599. The molecule has 1 amide bonds. The van der Waals surface area contributed by atoms with E-state index in [-0.39, 0.29) is 11.9 Å². The van der Waals surface area contributed by atoms with E-state index in [1.807, 2.05) is 73.7 Å². The number of nitrogens with one attached hydrogen (secondary N) is 1. The topological polar surface area (TPSA) is 57.8 Å². The third kappa shape index (κ3) is 3.80. The zero-order valence-electron chi connectivity index (χ0n) is 15.4. The SMILES string of the molecule is C[C@H](Nc1ccccc1)C(=O)N1N=C(c2ccc(Cl)cc2)C[C@@H]1c1ccco1. The van der Waals surface area contributed by atoms with Gasteiger partial charge in [0.05, 0.1) is 12.0 Å². The van der Waals surface area contributed by atoms with Crippen LogP contribution in [0.4, 0.5) is 5.69 Å². The van der Waals surface area contributed by atoms with Gasteiger partial charge in [-0.15, -0.1) is 0 Å². The molecule has 1 aromatic heterocycles. The number of benzene rings is 2. The molecular weight excluding hydrogens is 374 g/mol. The summed E-state index contributed by atoms with van der Waals surface area (Å²) in [7, 11) is 0. The maximum atomic E-state index is 13.2. The molecule has 142 valence electrons. The summed E-state index contributed by atoms with van der Waals surface area (Å²) < 4.78 is 5.59. The zero-order chi connectivity index (χ0) is 19.5. The van der Waals surface area contributed by atoms with Gasteiger partial charge in [0.15, 0.2) is 0 Å². The quantitative estimate of drug-likeness (QED) is 0.655. The average molecular weight is 394 g/mol. The normalized spacial score (nSPS) is 17.3. The Labute approximate surface area is 168 Å². The molecule has 2 atom stereocenters. The molecule has 0 saturated heterocycles. The number of nitrogens with zero attached hydrogens (tertiary/aromatic N) is 2. The third-order valence-corrected chi connectivity index (χ3v) is 4.96. The maximum absolute atomic E-state index is 13.2. The fourth-order valence-corrected chi connectivity index (χ4v) is 3.40. The van der Waals surface area contributed by atoms with E-state index >= 15 is 0 Å². The van der Waals surface area contributed by atoms with Crippen LogP contribution in [0.15, 0.2) is 82.5 Å². The van der Waals surface area contributed by atoms with Crippen molar-refractivity contribution in [2.24, 2.45) is 5.10 Å². The standard InChI is InChI=1S/C22H20ClN3O2/c1-15(24-18-6-3-2-4-7-18)22(27)26-20(21-8-5-13-28-21)14-19(25-26)16-9-11-17(23)12-10-16/h2-13,15,20,24H,14H2,1H3/t15-,20+/m0/s1. The Balaban J connectivity index is 1.60. The lowest BCUT2D eigenvalue weighted by atomic mass is 10.0. The molecule has 5 nitrogen and oxygen atoms in total. The molecular formula is C22H20ClN3O2. The number of hydrazone groups is 1. The first-order valence-electron chi connectivity index (χ1n) is 9.13. The highest BCUT2D eigenvalue weighted by Crippen LogP contribution is 2.34. The fraction of sp³-hybridized carbons (Fsp3) is 0.182. The highest BCUT2D eigenvalue weighted by molar-refractivity contribution is 6.30. The number of halogens is 1. The van der Waals surface area contributed by atoms with Crippen LogP contribution in [0.1, 0.15) is 30.7 Å². The van der Waals surface area contributed by atoms with E-state index in [4.69, 9.17) is 16.0 Å².